The number of anilines is 1. The van der Waals surface area contributed by atoms with E-state index in [2.05, 4.69) is 15.5 Å². The summed E-state index contributed by atoms with van der Waals surface area (Å²) in [4.78, 5) is 12.2. The van der Waals surface area contributed by atoms with Gasteiger partial charge in [0, 0.05) is 17.8 Å². The third-order valence-electron chi connectivity index (χ3n) is 2.85. The van der Waals surface area contributed by atoms with Crippen molar-refractivity contribution in [2.24, 2.45) is 7.05 Å². The highest BCUT2D eigenvalue weighted by atomic mass is 35.5. The molecule has 0 unspecified atom stereocenters. The molecule has 106 valence electrons. The lowest BCUT2D eigenvalue weighted by molar-refractivity contribution is -0.115. The Labute approximate surface area is 126 Å². The molecule has 2 aromatic rings. The Kier molecular flexibility index (Phi) is 4.67. The molecule has 1 aromatic heterocycles. The standard InChI is InChI=1S/C13H15ClN4OS/c1-8-10(14)5-4-6-11(8)16-12(19)9(2)20-13-17-15-7-18(13)3/h4-7,9H,1-3H3,(H,16,19)/t9-/m1/s1. The van der Waals surface area contributed by atoms with Crippen LogP contribution in [-0.4, -0.2) is 25.9 Å². The van der Waals surface area contributed by atoms with Gasteiger partial charge in [-0.15, -0.1) is 10.2 Å². The van der Waals surface area contributed by atoms with E-state index in [0.29, 0.717) is 10.2 Å². The van der Waals surface area contributed by atoms with Crippen molar-refractivity contribution in [2.45, 2.75) is 24.3 Å². The van der Waals surface area contributed by atoms with Crippen molar-refractivity contribution in [1.29, 1.82) is 0 Å². The van der Waals surface area contributed by atoms with Crippen LogP contribution < -0.4 is 5.32 Å². The van der Waals surface area contributed by atoms with Crippen LogP contribution in [0.25, 0.3) is 0 Å². The first-order chi connectivity index (χ1) is 9.49. The first-order valence-electron chi connectivity index (χ1n) is 6.05. The molecule has 0 fully saturated rings. The molecule has 0 aliphatic heterocycles. The lowest BCUT2D eigenvalue weighted by atomic mass is 10.2. The molecule has 0 aliphatic rings. The number of nitrogens with zero attached hydrogens (tertiary/aromatic N) is 3. The van der Waals surface area contributed by atoms with Crippen molar-refractivity contribution in [3.8, 4) is 0 Å². The van der Waals surface area contributed by atoms with Crippen molar-refractivity contribution >= 4 is 35.0 Å². The van der Waals surface area contributed by atoms with Crippen LogP contribution in [0.4, 0.5) is 5.69 Å². The summed E-state index contributed by atoms with van der Waals surface area (Å²) in [5, 5.41) is 11.7. The summed E-state index contributed by atoms with van der Waals surface area (Å²) in [7, 11) is 1.84. The van der Waals surface area contributed by atoms with Gasteiger partial charge < -0.3 is 9.88 Å². The van der Waals surface area contributed by atoms with E-state index >= 15 is 0 Å². The van der Waals surface area contributed by atoms with Crippen molar-refractivity contribution in [2.75, 3.05) is 5.32 Å². The van der Waals surface area contributed by atoms with Gasteiger partial charge in [-0.25, -0.2) is 0 Å². The summed E-state index contributed by atoms with van der Waals surface area (Å²) in [6.45, 7) is 3.70. The first-order valence-corrected chi connectivity index (χ1v) is 7.31. The monoisotopic (exact) mass is 310 g/mol. The topological polar surface area (TPSA) is 59.8 Å². The van der Waals surface area contributed by atoms with Gasteiger partial charge in [0.2, 0.25) is 5.91 Å². The van der Waals surface area contributed by atoms with E-state index in [1.54, 1.807) is 17.0 Å². The van der Waals surface area contributed by atoms with Gasteiger partial charge in [-0.3, -0.25) is 4.79 Å². The average Bonchev–Trinajstić information content (AvgIpc) is 2.80. The van der Waals surface area contributed by atoms with Crippen molar-refractivity contribution in [3.05, 3.63) is 35.1 Å². The number of nitrogens with one attached hydrogen (secondary N) is 1. The number of benzene rings is 1. The normalized spacial score (nSPS) is 12.2. The molecule has 2 rings (SSSR count). The number of hydrogen-bond donors (Lipinski definition) is 1. The third-order valence-corrected chi connectivity index (χ3v) is 4.40. The Hall–Kier alpha value is -1.53. The Bertz CT molecular complexity index is 629. The number of thioether (sulfide) groups is 1. The highest BCUT2D eigenvalue weighted by molar-refractivity contribution is 8.00. The van der Waals surface area contributed by atoms with Crippen LogP contribution in [0.2, 0.25) is 5.02 Å². The lowest BCUT2D eigenvalue weighted by Gasteiger charge is -2.13. The quantitative estimate of drug-likeness (QED) is 0.882. The van der Waals surface area contributed by atoms with Gasteiger partial charge in [0.05, 0.1) is 5.25 Å². The zero-order valence-corrected chi connectivity index (χ0v) is 13.0. The number of amides is 1. The molecule has 7 heteroatoms. The maximum atomic E-state index is 12.2. The molecule has 1 atom stereocenters. The molecule has 1 heterocycles. The Morgan fingerprint density at radius 1 is 1.50 bits per heavy atom. The maximum Gasteiger partial charge on any atom is 0.237 e. The largest absolute Gasteiger partial charge is 0.325 e. The average molecular weight is 311 g/mol. The van der Waals surface area contributed by atoms with E-state index in [-0.39, 0.29) is 11.2 Å². The predicted molar refractivity (Wildman–Crippen MR) is 81.1 cm³/mol. The number of rotatable bonds is 4. The second-order valence-corrected chi connectivity index (χ2v) is 6.10. The van der Waals surface area contributed by atoms with E-state index in [9.17, 15) is 4.79 Å². The fourth-order valence-electron chi connectivity index (χ4n) is 1.57. The van der Waals surface area contributed by atoms with Crippen LogP contribution in [-0.2, 0) is 11.8 Å². The van der Waals surface area contributed by atoms with Gasteiger partial charge >= 0.3 is 0 Å². The molecule has 0 saturated heterocycles. The van der Waals surface area contributed by atoms with E-state index < -0.39 is 0 Å². The first kappa shape index (κ1) is 14.9. The maximum absolute atomic E-state index is 12.2. The van der Waals surface area contributed by atoms with E-state index in [1.165, 1.54) is 11.8 Å². The Morgan fingerprint density at radius 3 is 2.90 bits per heavy atom. The highest BCUT2D eigenvalue weighted by Crippen LogP contribution is 2.25. The Morgan fingerprint density at radius 2 is 2.25 bits per heavy atom. The van der Waals surface area contributed by atoms with Gasteiger partial charge in [-0.05, 0) is 31.5 Å². The smallest absolute Gasteiger partial charge is 0.237 e. The molecule has 1 N–H and O–H groups in total. The fourth-order valence-corrected chi connectivity index (χ4v) is 2.53. The van der Waals surface area contributed by atoms with Crippen LogP contribution in [0.15, 0.2) is 29.7 Å². The number of aromatic nitrogens is 3. The SMILES string of the molecule is Cc1c(Cl)cccc1NC(=O)[C@@H](C)Sc1nncn1C. The summed E-state index contributed by atoms with van der Waals surface area (Å²) in [5.74, 6) is -0.0941. The summed E-state index contributed by atoms with van der Waals surface area (Å²) >= 11 is 7.39. The fraction of sp³-hybridized carbons (Fsp3) is 0.308. The molecule has 0 radical (unpaired) electrons. The van der Waals surface area contributed by atoms with E-state index in [4.69, 9.17) is 11.6 Å². The van der Waals surface area contributed by atoms with E-state index in [0.717, 1.165) is 11.3 Å². The van der Waals surface area contributed by atoms with E-state index in [1.807, 2.05) is 33.0 Å². The number of carbonyl (C=O) groups excluding carboxylic acids is 1. The minimum atomic E-state index is -0.281. The molecule has 0 saturated carbocycles. The number of carbonyl (C=O) groups is 1. The van der Waals surface area contributed by atoms with Crippen LogP contribution >= 0.6 is 23.4 Å². The minimum Gasteiger partial charge on any atom is -0.325 e. The summed E-state index contributed by atoms with van der Waals surface area (Å²) in [6, 6.07) is 5.44. The number of hydrogen-bond acceptors (Lipinski definition) is 4. The summed E-state index contributed by atoms with van der Waals surface area (Å²) < 4.78 is 1.78. The molecule has 0 bridgehead atoms. The zero-order valence-electron chi connectivity index (χ0n) is 11.4. The van der Waals surface area contributed by atoms with Crippen molar-refractivity contribution in [1.82, 2.24) is 14.8 Å². The third kappa shape index (κ3) is 3.32. The Balaban J connectivity index is 2.04. The molecule has 0 spiro atoms. The van der Waals surface area contributed by atoms with Gasteiger partial charge in [-0.1, -0.05) is 29.4 Å². The molecule has 1 aromatic carbocycles. The van der Waals surface area contributed by atoms with Crippen molar-refractivity contribution < 1.29 is 4.79 Å². The van der Waals surface area contributed by atoms with Crippen LogP contribution in [0, 0.1) is 6.92 Å². The highest BCUT2D eigenvalue weighted by Gasteiger charge is 2.18. The molecule has 20 heavy (non-hydrogen) atoms. The molecular weight excluding hydrogens is 296 g/mol. The molecule has 0 aliphatic carbocycles. The van der Waals surface area contributed by atoms with Gasteiger partial charge in [-0.2, -0.15) is 0 Å². The number of aryl methyl sites for hydroxylation is 1. The zero-order chi connectivity index (χ0) is 14.7. The number of halogens is 1. The second-order valence-electron chi connectivity index (χ2n) is 4.39. The van der Waals surface area contributed by atoms with Crippen LogP contribution in [0.1, 0.15) is 12.5 Å². The second kappa shape index (κ2) is 6.28. The van der Waals surface area contributed by atoms with Crippen LogP contribution in [0.5, 0.6) is 0 Å². The minimum absolute atomic E-state index is 0.0941. The van der Waals surface area contributed by atoms with Crippen LogP contribution in [0.3, 0.4) is 0 Å². The summed E-state index contributed by atoms with van der Waals surface area (Å²) in [5.41, 5.74) is 1.59. The molecular formula is C13H15ClN4OS. The molecule has 1 amide bonds. The molecule has 5 nitrogen and oxygen atoms in total. The van der Waals surface area contributed by atoms with Crippen molar-refractivity contribution in [3.63, 3.8) is 0 Å². The van der Waals surface area contributed by atoms with Gasteiger partial charge in [0.1, 0.15) is 6.33 Å². The van der Waals surface area contributed by atoms with Gasteiger partial charge in [0.25, 0.3) is 0 Å². The summed E-state index contributed by atoms with van der Waals surface area (Å²) in [6.07, 6.45) is 1.61. The lowest BCUT2D eigenvalue weighted by Crippen LogP contribution is -2.23. The van der Waals surface area contributed by atoms with Gasteiger partial charge in [0.15, 0.2) is 5.16 Å². The predicted octanol–water partition coefficient (Wildman–Crippen LogP) is 2.90.